The van der Waals surface area contributed by atoms with Crippen LogP contribution in [0.4, 0.5) is 0 Å². The van der Waals surface area contributed by atoms with Crippen LogP contribution in [0.2, 0.25) is 0 Å². The second-order valence-electron chi connectivity index (χ2n) is 4.53. The number of hydrogen-bond acceptors (Lipinski definition) is 3. The van der Waals surface area contributed by atoms with Crippen molar-refractivity contribution < 1.29 is 9.53 Å². The summed E-state index contributed by atoms with van der Waals surface area (Å²) in [6.45, 7) is 5.40. The Hall–Kier alpha value is -0.710. The molecule has 1 atom stereocenters. The number of ketones is 1. The van der Waals surface area contributed by atoms with Crippen LogP contribution in [0.25, 0.3) is 0 Å². The van der Waals surface area contributed by atoms with E-state index in [1.54, 1.807) is 0 Å². The Labute approximate surface area is 116 Å². The molecule has 1 unspecified atom stereocenters. The fraction of sp³-hybridized carbons (Fsp3) is 0.500. The summed E-state index contributed by atoms with van der Waals surface area (Å²) in [4.78, 5) is 14.4. The van der Waals surface area contributed by atoms with E-state index < -0.39 is 0 Å². The van der Waals surface area contributed by atoms with Crippen molar-refractivity contribution >= 4 is 21.7 Å². The Bertz CT molecular complexity index is 422. The first-order valence-corrected chi connectivity index (χ1v) is 7.09. The van der Waals surface area contributed by atoms with E-state index in [0.29, 0.717) is 13.0 Å². The molecule has 0 aromatic heterocycles. The highest BCUT2D eigenvalue weighted by Crippen LogP contribution is 2.14. The molecule has 1 aromatic rings. The average Bonchev–Trinajstić information content (AvgIpc) is 2.39. The van der Waals surface area contributed by atoms with Gasteiger partial charge in [-0.15, -0.1) is 0 Å². The molecule has 0 aliphatic carbocycles. The minimum Gasteiger partial charge on any atom is -0.368 e. The summed E-state index contributed by atoms with van der Waals surface area (Å²) in [6, 6.07) is 7.87. The van der Waals surface area contributed by atoms with Crippen molar-refractivity contribution in [2.75, 3.05) is 26.2 Å². The molecule has 98 valence electrons. The predicted molar refractivity (Wildman–Crippen MR) is 74.7 cm³/mol. The van der Waals surface area contributed by atoms with Crippen molar-refractivity contribution in [2.24, 2.45) is 0 Å². The summed E-state index contributed by atoms with van der Waals surface area (Å²) in [5.74, 6) is 0.172. The van der Waals surface area contributed by atoms with E-state index in [0.717, 1.165) is 29.7 Å². The molecule has 2 rings (SSSR count). The first kappa shape index (κ1) is 13.7. The largest absolute Gasteiger partial charge is 0.368 e. The molecule has 0 radical (unpaired) electrons. The third kappa shape index (κ3) is 3.64. The molecule has 0 spiro atoms. The summed E-state index contributed by atoms with van der Waals surface area (Å²) in [5.41, 5.74) is 1.03. The van der Waals surface area contributed by atoms with Gasteiger partial charge in [0, 0.05) is 24.0 Å². The number of nitrogens with zero attached hydrogens (tertiary/aromatic N) is 1. The maximum Gasteiger partial charge on any atom is 0.167 e. The number of carbonyl (C=O) groups excluding carboxylic acids is 1. The number of ether oxygens (including phenoxy) is 1. The van der Waals surface area contributed by atoms with Gasteiger partial charge in [-0.25, -0.2) is 0 Å². The van der Waals surface area contributed by atoms with Crippen LogP contribution in [0, 0.1) is 0 Å². The van der Waals surface area contributed by atoms with Gasteiger partial charge in [-0.05, 0) is 24.2 Å². The molecule has 1 fully saturated rings. The number of carbonyl (C=O) groups is 1. The van der Waals surface area contributed by atoms with Crippen LogP contribution in [0.3, 0.4) is 0 Å². The first-order valence-electron chi connectivity index (χ1n) is 6.30. The number of hydrogen-bond donors (Lipinski definition) is 0. The third-order valence-electron chi connectivity index (χ3n) is 3.22. The molecular weight excluding hydrogens is 294 g/mol. The van der Waals surface area contributed by atoms with Crippen LogP contribution < -0.4 is 0 Å². The normalized spacial score (nSPS) is 20.9. The number of rotatable bonds is 4. The molecule has 3 nitrogen and oxygen atoms in total. The smallest absolute Gasteiger partial charge is 0.167 e. The standard InChI is InChI=1S/C14H18BrNO2/c1-2-16-6-7-18-14(10-16)13(17)9-11-4-3-5-12(15)8-11/h3-5,8,14H,2,6-7,9-10H2,1H3. The van der Waals surface area contributed by atoms with Gasteiger partial charge in [-0.2, -0.15) is 0 Å². The second-order valence-corrected chi connectivity index (χ2v) is 5.44. The molecule has 1 aliphatic heterocycles. The monoisotopic (exact) mass is 311 g/mol. The van der Waals surface area contributed by atoms with E-state index in [4.69, 9.17) is 4.74 Å². The van der Waals surface area contributed by atoms with E-state index >= 15 is 0 Å². The molecule has 0 N–H and O–H groups in total. The van der Waals surface area contributed by atoms with Gasteiger partial charge in [-0.3, -0.25) is 9.69 Å². The Morgan fingerprint density at radius 2 is 2.39 bits per heavy atom. The number of halogens is 1. The minimum absolute atomic E-state index is 0.172. The predicted octanol–water partition coefficient (Wildman–Crippen LogP) is 2.28. The van der Waals surface area contributed by atoms with E-state index in [1.807, 2.05) is 24.3 Å². The van der Waals surface area contributed by atoms with Gasteiger partial charge in [-0.1, -0.05) is 35.0 Å². The summed E-state index contributed by atoms with van der Waals surface area (Å²) >= 11 is 3.42. The quantitative estimate of drug-likeness (QED) is 0.854. The van der Waals surface area contributed by atoms with Crippen LogP contribution >= 0.6 is 15.9 Å². The molecular formula is C14H18BrNO2. The molecule has 1 aromatic carbocycles. The Kier molecular flexibility index (Phi) is 4.92. The van der Waals surface area contributed by atoms with Crippen LogP contribution in [-0.4, -0.2) is 43.0 Å². The lowest BCUT2D eigenvalue weighted by Gasteiger charge is -2.31. The highest BCUT2D eigenvalue weighted by Gasteiger charge is 2.25. The number of likely N-dealkylation sites (N-methyl/N-ethyl adjacent to an activating group) is 1. The lowest BCUT2D eigenvalue weighted by Crippen LogP contribution is -2.46. The van der Waals surface area contributed by atoms with Gasteiger partial charge in [0.15, 0.2) is 5.78 Å². The molecule has 0 saturated carbocycles. The van der Waals surface area contributed by atoms with Crippen molar-refractivity contribution in [3.8, 4) is 0 Å². The summed E-state index contributed by atoms with van der Waals surface area (Å²) < 4.78 is 6.58. The lowest BCUT2D eigenvalue weighted by atomic mass is 10.0. The van der Waals surface area contributed by atoms with Crippen molar-refractivity contribution in [2.45, 2.75) is 19.4 Å². The zero-order valence-electron chi connectivity index (χ0n) is 10.6. The van der Waals surface area contributed by atoms with Gasteiger partial charge in [0.25, 0.3) is 0 Å². The van der Waals surface area contributed by atoms with Gasteiger partial charge >= 0.3 is 0 Å². The van der Waals surface area contributed by atoms with Gasteiger partial charge in [0.2, 0.25) is 0 Å². The Morgan fingerprint density at radius 1 is 1.56 bits per heavy atom. The summed E-state index contributed by atoms with van der Waals surface area (Å²) in [7, 11) is 0. The van der Waals surface area contributed by atoms with Crippen molar-refractivity contribution in [3.63, 3.8) is 0 Å². The number of Topliss-reactive ketones (excluding diaryl/α,β-unsaturated/α-hetero) is 1. The first-order chi connectivity index (χ1) is 8.69. The van der Waals surface area contributed by atoms with Crippen LogP contribution in [0.15, 0.2) is 28.7 Å². The van der Waals surface area contributed by atoms with Crippen molar-refractivity contribution in [3.05, 3.63) is 34.3 Å². The Morgan fingerprint density at radius 3 is 3.11 bits per heavy atom. The lowest BCUT2D eigenvalue weighted by molar-refractivity contribution is -0.135. The molecule has 0 bridgehead atoms. The van der Waals surface area contributed by atoms with Gasteiger partial charge in [0.05, 0.1) is 6.61 Å². The highest BCUT2D eigenvalue weighted by atomic mass is 79.9. The van der Waals surface area contributed by atoms with Crippen molar-refractivity contribution in [1.82, 2.24) is 4.90 Å². The van der Waals surface area contributed by atoms with E-state index in [2.05, 4.69) is 27.8 Å². The highest BCUT2D eigenvalue weighted by molar-refractivity contribution is 9.10. The van der Waals surface area contributed by atoms with E-state index in [-0.39, 0.29) is 11.9 Å². The van der Waals surface area contributed by atoms with E-state index in [1.165, 1.54) is 0 Å². The zero-order chi connectivity index (χ0) is 13.0. The van der Waals surface area contributed by atoms with Gasteiger partial charge < -0.3 is 4.74 Å². The third-order valence-corrected chi connectivity index (χ3v) is 3.72. The molecule has 1 aliphatic rings. The van der Waals surface area contributed by atoms with Crippen molar-refractivity contribution in [1.29, 1.82) is 0 Å². The molecule has 1 saturated heterocycles. The number of benzene rings is 1. The second kappa shape index (κ2) is 6.45. The maximum absolute atomic E-state index is 12.2. The molecule has 1 heterocycles. The zero-order valence-corrected chi connectivity index (χ0v) is 12.1. The molecule has 0 amide bonds. The van der Waals surface area contributed by atoms with Crippen LogP contribution in [0.5, 0.6) is 0 Å². The van der Waals surface area contributed by atoms with Gasteiger partial charge in [0.1, 0.15) is 6.10 Å². The van der Waals surface area contributed by atoms with Crippen LogP contribution in [-0.2, 0) is 16.0 Å². The molecule has 18 heavy (non-hydrogen) atoms. The number of morpholine rings is 1. The summed E-state index contributed by atoms with van der Waals surface area (Å²) in [5, 5.41) is 0. The SMILES string of the molecule is CCN1CCOC(C(=O)Cc2cccc(Br)c2)C1. The average molecular weight is 312 g/mol. The van der Waals surface area contributed by atoms with E-state index in [9.17, 15) is 4.79 Å². The Balaban J connectivity index is 1.95. The van der Waals surface area contributed by atoms with Crippen LogP contribution in [0.1, 0.15) is 12.5 Å². The fourth-order valence-corrected chi connectivity index (χ4v) is 2.59. The minimum atomic E-state index is -0.266. The fourth-order valence-electron chi connectivity index (χ4n) is 2.15. The topological polar surface area (TPSA) is 29.5 Å². The maximum atomic E-state index is 12.2. The molecule has 4 heteroatoms. The summed E-state index contributed by atoms with van der Waals surface area (Å²) in [6.07, 6.45) is 0.180.